The Bertz CT molecular complexity index is 112. The van der Waals surface area contributed by atoms with E-state index in [9.17, 15) is 10.1 Å². The van der Waals surface area contributed by atoms with Gasteiger partial charge in [-0.3, -0.25) is 10.1 Å². The Balaban J connectivity index is 2.31. The molecule has 0 unspecified atom stereocenters. The molecule has 49 valence electrons. The van der Waals surface area contributed by atoms with E-state index in [2.05, 4.69) is 9.31 Å². The smallest absolute Gasteiger partial charge is 0.406 e. The second-order valence-electron chi connectivity index (χ2n) is 1.70. The van der Waals surface area contributed by atoms with Crippen molar-refractivity contribution in [3.05, 3.63) is 10.1 Å². The highest BCUT2D eigenvalue weighted by molar-refractivity contribution is 6.18. The molecule has 5 nitrogen and oxygen atoms in total. The van der Waals surface area contributed by atoms with E-state index in [0.29, 0.717) is 0 Å². The maximum atomic E-state index is 9.99. The van der Waals surface area contributed by atoms with Crippen molar-refractivity contribution in [1.82, 2.24) is 0 Å². The third-order valence-corrected chi connectivity index (χ3v) is 1.01. The van der Waals surface area contributed by atoms with Crippen molar-refractivity contribution < 1.29 is 14.2 Å². The summed E-state index contributed by atoms with van der Waals surface area (Å²) in [4.78, 5) is 9.58. The summed E-state index contributed by atoms with van der Waals surface area (Å²) in [6.07, 6.45) is 0. The first-order chi connectivity index (χ1) is 4.30. The number of rotatable bonds is 1. The summed E-state index contributed by atoms with van der Waals surface area (Å²) in [6, 6.07) is -0.699. The summed E-state index contributed by atoms with van der Waals surface area (Å²) >= 11 is 0. The average Bonchev–Trinajstić information content (AvgIpc) is 1.90. The highest BCUT2D eigenvalue weighted by atomic mass is 16.6. The van der Waals surface area contributed by atoms with Gasteiger partial charge in [0, 0.05) is 4.92 Å². The zero-order chi connectivity index (χ0) is 6.69. The van der Waals surface area contributed by atoms with Gasteiger partial charge in [0.1, 0.15) is 13.2 Å². The largest absolute Gasteiger partial charge is 0.488 e. The number of hydrogen-bond donors (Lipinski definition) is 0. The predicted molar refractivity (Wildman–Crippen MR) is 28.4 cm³/mol. The Kier molecular flexibility index (Phi) is 2.02. The van der Waals surface area contributed by atoms with Crippen LogP contribution in [-0.4, -0.2) is 31.9 Å². The minimum atomic E-state index is -0.699. The predicted octanol–water partition coefficient (Wildman–Crippen LogP) is -0.787. The van der Waals surface area contributed by atoms with E-state index in [4.69, 9.17) is 0 Å². The molecule has 1 aliphatic rings. The molecule has 1 radical (unpaired) electrons. The van der Waals surface area contributed by atoms with Gasteiger partial charge in [0.25, 0.3) is 6.04 Å². The SMILES string of the molecule is O=[N+]([O-])C1CO[B]OC1. The van der Waals surface area contributed by atoms with E-state index in [0.717, 1.165) is 7.69 Å². The molecule has 0 spiro atoms. The molecule has 0 amide bonds. The number of hydrogen-bond acceptors (Lipinski definition) is 4. The zero-order valence-corrected chi connectivity index (χ0v) is 4.65. The van der Waals surface area contributed by atoms with Gasteiger partial charge in [0.05, 0.1) is 0 Å². The summed E-state index contributed by atoms with van der Waals surface area (Å²) in [5, 5.41) is 9.99. The van der Waals surface area contributed by atoms with Crippen LogP contribution in [0.15, 0.2) is 0 Å². The summed E-state index contributed by atoms with van der Waals surface area (Å²) in [7, 11) is 1.12. The van der Waals surface area contributed by atoms with Gasteiger partial charge in [-0.05, 0) is 0 Å². The lowest BCUT2D eigenvalue weighted by molar-refractivity contribution is -0.530. The first-order valence-electron chi connectivity index (χ1n) is 2.49. The molecule has 0 aromatic heterocycles. The molecule has 1 rings (SSSR count). The molecule has 0 N–H and O–H groups in total. The maximum Gasteiger partial charge on any atom is 0.488 e. The maximum absolute atomic E-state index is 9.99. The van der Waals surface area contributed by atoms with Gasteiger partial charge in [-0.1, -0.05) is 0 Å². The van der Waals surface area contributed by atoms with Crippen LogP contribution in [-0.2, 0) is 9.31 Å². The van der Waals surface area contributed by atoms with Gasteiger partial charge in [-0.15, -0.1) is 0 Å². The quantitative estimate of drug-likeness (QED) is 0.265. The van der Waals surface area contributed by atoms with E-state index in [1.807, 2.05) is 0 Å². The Morgan fingerprint density at radius 3 is 2.44 bits per heavy atom. The first-order valence-corrected chi connectivity index (χ1v) is 2.49. The highest BCUT2D eigenvalue weighted by Crippen LogP contribution is 1.97. The van der Waals surface area contributed by atoms with Crippen molar-refractivity contribution in [3.8, 4) is 0 Å². The van der Waals surface area contributed by atoms with Crippen LogP contribution in [0.4, 0.5) is 0 Å². The van der Waals surface area contributed by atoms with Gasteiger partial charge in [-0.2, -0.15) is 0 Å². The van der Waals surface area contributed by atoms with E-state index >= 15 is 0 Å². The van der Waals surface area contributed by atoms with Gasteiger partial charge in [0.2, 0.25) is 0 Å². The van der Waals surface area contributed by atoms with Gasteiger partial charge < -0.3 is 9.31 Å². The standard InChI is InChI=1S/C3H5BNO4/c6-5(7)3-1-8-4-9-2-3/h3H,1-2H2. The van der Waals surface area contributed by atoms with E-state index < -0.39 is 11.0 Å². The molecule has 1 fully saturated rings. The summed E-state index contributed by atoms with van der Waals surface area (Å²) < 4.78 is 9.11. The van der Waals surface area contributed by atoms with Crippen molar-refractivity contribution in [3.63, 3.8) is 0 Å². The lowest BCUT2D eigenvalue weighted by Crippen LogP contribution is -2.36. The molecule has 0 bridgehead atoms. The van der Waals surface area contributed by atoms with Crippen LogP contribution < -0.4 is 0 Å². The van der Waals surface area contributed by atoms with Gasteiger partial charge >= 0.3 is 7.69 Å². The third-order valence-electron chi connectivity index (χ3n) is 1.01. The third kappa shape index (κ3) is 1.65. The molecular weight excluding hydrogens is 125 g/mol. The molecule has 1 saturated heterocycles. The molecule has 0 aromatic rings. The Morgan fingerprint density at radius 1 is 1.56 bits per heavy atom. The van der Waals surface area contributed by atoms with Gasteiger partial charge in [-0.25, -0.2) is 0 Å². The molecule has 0 aromatic carbocycles. The molecule has 1 heterocycles. The van der Waals surface area contributed by atoms with Crippen LogP contribution in [0.25, 0.3) is 0 Å². The normalized spacial score (nSPS) is 20.9. The van der Waals surface area contributed by atoms with Crippen LogP contribution >= 0.6 is 0 Å². The minimum Gasteiger partial charge on any atom is -0.406 e. The summed E-state index contributed by atoms with van der Waals surface area (Å²) in [6.45, 7) is 0.236. The molecule has 9 heavy (non-hydrogen) atoms. The molecule has 1 aliphatic heterocycles. The average molecular weight is 130 g/mol. The molecule has 0 saturated carbocycles. The monoisotopic (exact) mass is 130 g/mol. The van der Waals surface area contributed by atoms with Crippen LogP contribution in [0.3, 0.4) is 0 Å². The zero-order valence-electron chi connectivity index (χ0n) is 4.65. The van der Waals surface area contributed by atoms with E-state index in [1.54, 1.807) is 0 Å². The summed E-state index contributed by atoms with van der Waals surface area (Å²) in [5.74, 6) is 0. The van der Waals surface area contributed by atoms with Crippen LogP contribution in [0.1, 0.15) is 0 Å². The Morgan fingerprint density at radius 2 is 2.11 bits per heavy atom. The second kappa shape index (κ2) is 2.79. The van der Waals surface area contributed by atoms with Crippen molar-refractivity contribution in [2.45, 2.75) is 6.04 Å². The molecular formula is C3H5BNO4. The summed E-state index contributed by atoms with van der Waals surface area (Å²) in [5.41, 5.74) is 0. The van der Waals surface area contributed by atoms with Crippen molar-refractivity contribution in [2.75, 3.05) is 13.2 Å². The van der Waals surface area contributed by atoms with Crippen LogP contribution in [0.5, 0.6) is 0 Å². The lowest BCUT2D eigenvalue weighted by Gasteiger charge is -2.14. The van der Waals surface area contributed by atoms with Crippen molar-refractivity contribution in [1.29, 1.82) is 0 Å². The highest BCUT2D eigenvalue weighted by Gasteiger charge is 2.24. The van der Waals surface area contributed by atoms with Crippen molar-refractivity contribution in [2.24, 2.45) is 0 Å². The Labute approximate surface area is 52.4 Å². The molecule has 0 atom stereocenters. The lowest BCUT2D eigenvalue weighted by atomic mass is 10.2. The number of nitro groups is 1. The van der Waals surface area contributed by atoms with Crippen LogP contribution in [0.2, 0.25) is 0 Å². The minimum absolute atomic E-state index is 0.118. The van der Waals surface area contributed by atoms with E-state index in [-0.39, 0.29) is 13.2 Å². The fourth-order valence-corrected chi connectivity index (χ4v) is 0.519. The fraction of sp³-hybridized carbons (Fsp3) is 1.00. The Hall–Kier alpha value is -0.615. The van der Waals surface area contributed by atoms with Gasteiger partial charge in [0.15, 0.2) is 0 Å². The molecule has 6 heteroatoms. The second-order valence-corrected chi connectivity index (χ2v) is 1.70. The topological polar surface area (TPSA) is 61.6 Å². The van der Waals surface area contributed by atoms with E-state index in [1.165, 1.54) is 0 Å². The fourth-order valence-electron chi connectivity index (χ4n) is 0.519. The first kappa shape index (κ1) is 6.50. The number of nitrogens with zero attached hydrogens (tertiary/aromatic N) is 1. The van der Waals surface area contributed by atoms with Crippen molar-refractivity contribution >= 4 is 7.69 Å². The van der Waals surface area contributed by atoms with Crippen LogP contribution in [0, 0.1) is 10.1 Å². The molecule has 0 aliphatic carbocycles.